The highest BCUT2D eigenvalue weighted by Gasteiger charge is 2.41. The van der Waals surface area contributed by atoms with Gasteiger partial charge in [0.05, 0.1) is 22.6 Å². The Hall–Kier alpha value is -3.82. The second kappa shape index (κ2) is 9.20. The number of urea groups is 1. The molecule has 2 saturated heterocycles. The molecule has 2 aliphatic heterocycles. The van der Waals surface area contributed by atoms with Gasteiger partial charge in [-0.1, -0.05) is 12.1 Å². The first-order chi connectivity index (χ1) is 16.2. The first kappa shape index (κ1) is 23.3. The highest BCUT2D eigenvalue weighted by Crippen LogP contribution is 2.23. The Labute approximate surface area is 195 Å². The molecule has 2 heterocycles. The maximum absolute atomic E-state index is 13.1. The van der Waals surface area contributed by atoms with E-state index in [9.17, 15) is 32.5 Å². The Morgan fingerprint density at radius 3 is 2.35 bits per heavy atom. The number of sulfonamides is 1. The molecule has 10 nitrogen and oxygen atoms in total. The molecule has 0 bridgehead atoms. The van der Waals surface area contributed by atoms with Crippen LogP contribution in [0.4, 0.5) is 14.9 Å². The van der Waals surface area contributed by atoms with Crippen LogP contribution in [0.15, 0.2) is 53.4 Å². The van der Waals surface area contributed by atoms with Crippen LogP contribution in [-0.4, -0.2) is 67.7 Å². The van der Waals surface area contributed by atoms with Crippen molar-refractivity contribution >= 4 is 33.6 Å². The van der Waals surface area contributed by atoms with Crippen molar-refractivity contribution < 1.29 is 27.2 Å². The summed E-state index contributed by atoms with van der Waals surface area (Å²) in [6.45, 7) is 0.258. The maximum atomic E-state index is 13.1. The van der Waals surface area contributed by atoms with Gasteiger partial charge in [-0.25, -0.2) is 22.5 Å². The predicted octanol–water partition coefficient (Wildman–Crippen LogP) is 1.05. The van der Waals surface area contributed by atoms with Crippen LogP contribution >= 0.6 is 0 Å². The smallest absolute Gasteiger partial charge is 0.329 e. The number of anilines is 1. The Balaban J connectivity index is 1.38. The summed E-state index contributed by atoms with van der Waals surface area (Å²) in [4.78, 5) is 39.9. The van der Waals surface area contributed by atoms with Crippen LogP contribution in [-0.2, 0) is 19.6 Å². The van der Waals surface area contributed by atoms with E-state index in [1.54, 1.807) is 6.07 Å². The van der Waals surface area contributed by atoms with Crippen LogP contribution in [0.2, 0.25) is 0 Å². The van der Waals surface area contributed by atoms with Gasteiger partial charge in [0.2, 0.25) is 15.9 Å². The molecule has 0 spiro atoms. The molecular formula is C22H20FN5O5S. The molecule has 4 rings (SSSR count). The number of nitrogens with one attached hydrogen (secondary N) is 1. The molecule has 2 aliphatic rings. The molecule has 4 amide bonds. The maximum Gasteiger partial charge on any atom is 0.329 e. The molecule has 1 unspecified atom stereocenters. The summed E-state index contributed by atoms with van der Waals surface area (Å²) in [6.07, 6.45) is -0.285. The molecule has 176 valence electrons. The van der Waals surface area contributed by atoms with Gasteiger partial charge in [-0.05, 0) is 36.4 Å². The van der Waals surface area contributed by atoms with Crippen molar-refractivity contribution in [2.45, 2.75) is 17.4 Å². The molecule has 0 radical (unpaired) electrons. The van der Waals surface area contributed by atoms with Gasteiger partial charge in [0.25, 0.3) is 5.91 Å². The fourth-order valence-corrected chi connectivity index (χ4v) is 5.47. The molecule has 2 aromatic rings. The standard InChI is InChI=1S/C22H20FN5O5S/c23-16-5-7-17(8-6-16)28-21(30)18(25-22(28)31)13-20(29)26-9-11-27(12-10-26)34(32,33)19-4-2-1-3-15(19)14-24/h1-8,18H,9-13H2,(H,25,31). The highest BCUT2D eigenvalue weighted by atomic mass is 32.2. The summed E-state index contributed by atoms with van der Waals surface area (Å²) in [5.41, 5.74) is 0.234. The van der Waals surface area contributed by atoms with Crippen LogP contribution in [0.5, 0.6) is 0 Å². The number of halogens is 1. The molecule has 0 aliphatic carbocycles. The van der Waals surface area contributed by atoms with Crippen molar-refractivity contribution in [3.05, 3.63) is 59.9 Å². The summed E-state index contributed by atoms with van der Waals surface area (Å²) in [5.74, 6) is -1.55. The number of piperazine rings is 1. The Kier molecular flexibility index (Phi) is 6.32. The van der Waals surface area contributed by atoms with Crippen molar-refractivity contribution in [2.75, 3.05) is 31.1 Å². The van der Waals surface area contributed by atoms with Crippen molar-refractivity contribution in [3.8, 4) is 6.07 Å². The molecule has 12 heteroatoms. The largest absolute Gasteiger partial charge is 0.340 e. The zero-order valence-electron chi connectivity index (χ0n) is 17.8. The number of imide groups is 1. The van der Waals surface area contributed by atoms with Crippen molar-refractivity contribution in [3.63, 3.8) is 0 Å². The number of amides is 4. The third-order valence-corrected chi connectivity index (χ3v) is 7.66. The van der Waals surface area contributed by atoms with E-state index >= 15 is 0 Å². The Morgan fingerprint density at radius 1 is 1.06 bits per heavy atom. The van der Waals surface area contributed by atoms with Crippen LogP contribution < -0.4 is 10.2 Å². The lowest BCUT2D eigenvalue weighted by atomic mass is 10.1. The summed E-state index contributed by atoms with van der Waals surface area (Å²) in [6, 6.07) is 10.8. The third-order valence-electron chi connectivity index (χ3n) is 5.70. The SMILES string of the molecule is N#Cc1ccccc1S(=O)(=O)N1CCN(C(=O)CC2NC(=O)N(c3ccc(F)cc3)C2=O)CC1. The van der Waals surface area contributed by atoms with Crippen molar-refractivity contribution in [2.24, 2.45) is 0 Å². The molecule has 2 fully saturated rings. The van der Waals surface area contributed by atoms with E-state index in [0.717, 1.165) is 17.0 Å². The van der Waals surface area contributed by atoms with Gasteiger partial charge in [-0.15, -0.1) is 0 Å². The average Bonchev–Trinajstić information content (AvgIpc) is 3.12. The normalized spacial score (nSPS) is 19.1. The fourth-order valence-electron chi connectivity index (χ4n) is 3.91. The van der Waals surface area contributed by atoms with Crippen molar-refractivity contribution in [1.82, 2.24) is 14.5 Å². The van der Waals surface area contributed by atoms with E-state index in [1.165, 1.54) is 39.5 Å². The lowest BCUT2D eigenvalue weighted by Gasteiger charge is -2.34. The van der Waals surface area contributed by atoms with E-state index in [4.69, 9.17) is 0 Å². The topological polar surface area (TPSA) is 131 Å². The minimum atomic E-state index is -3.90. The van der Waals surface area contributed by atoms with Crippen molar-refractivity contribution in [1.29, 1.82) is 5.26 Å². The van der Waals surface area contributed by atoms with Crippen LogP contribution in [0.1, 0.15) is 12.0 Å². The van der Waals surface area contributed by atoms with Gasteiger partial charge < -0.3 is 10.2 Å². The van der Waals surface area contributed by atoms with Crippen LogP contribution in [0.25, 0.3) is 0 Å². The van der Waals surface area contributed by atoms with E-state index in [2.05, 4.69) is 5.32 Å². The number of benzene rings is 2. The molecule has 34 heavy (non-hydrogen) atoms. The third kappa shape index (κ3) is 4.35. The number of nitrogens with zero attached hydrogens (tertiary/aromatic N) is 4. The number of rotatable bonds is 5. The zero-order valence-corrected chi connectivity index (χ0v) is 18.7. The minimum Gasteiger partial charge on any atom is -0.340 e. The van der Waals surface area contributed by atoms with Gasteiger partial charge in [0, 0.05) is 26.2 Å². The lowest BCUT2D eigenvalue weighted by molar-refractivity contribution is -0.134. The number of hydrogen-bond acceptors (Lipinski definition) is 6. The molecular weight excluding hydrogens is 465 g/mol. The lowest BCUT2D eigenvalue weighted by Crippen LogP contribution is -2.51. The van der Waals surface area contributed by atoms with Gasteiger partial charge in [0.1, 0.15) is 17.9 Å². The van der Waals surface area contributed by atoms with Crippen LogP contribution in [0, 0.1) is 17.1 Å². The fraction of sp³-hybridized carbons (Fsp3) is 0.273. The summed E-state index contributed by atoms with van der Waals surface area (Å²) in [7, 11) is -3.90. The minimum absolute atomic E-state index is 0.0283. The Morgan fingerprint density at radius 2 is 1.71 bits per heavy atom. The molecule has 0 aromatic heterocycles. The van der Waals surface area contributed by atoms with E-state index in [-0.39, 0.29) is 48.7 Å². The Bertz CT molecular complexity index is 1280. The monoisotopic (exact) mass is 485 g/mol. The highest BCUT2D eigenvalue weighted by molar-refractivity contribution is 7.89. The predicted molar refractivity (Wildman–Crippen MR) is 117 cm³/mol. The van der Waals surface area contributed by atoms with Gasteiger partial charge in [-0.2, -0.15) is 9.57 Å². The first-order valence-electron chi connectivity index (χ1n) is 10.4. The average molecular weight is 485 g/mol. The zero-order chi connectivity index (χ0) is 24.5. The second-order valence-corrected chi connectivity index (χ2v) is 9.66. The second-order valence-electron chi connectivity index (χ2n) is 7.75. The number of nitriles is 1. The molecule has 1 N–H and O–H groups in total. The number of carbonyl (C=O) groups excluding carboxylic acids is 3. The molecule has 0 saturated carbocycles. The molecule has 1 atom stereocenters. The van der Waals surface area contributed by atoms with Gasteiger partial charge in [-0.3, -0.25) is 9.59 Å². The van der Waals surface area contributed by atoms with E-state index < -0.39 is 39.7 Å². The summed E-state index contributed by atoms with van der Waals surface area (Å²) >= 11 is 0. The summed E-state index contributed by atoms with van der Waals surface area (Å²) in [5, 5.41) is 11.7. The van der Waals surface area contributed by atoms with E-state index in [1.807, 2.05) is 6.07 Å². The quantitative estimate of drug-likeness (QED) is 0.630. The van der Waals surface area contributed by atoms with Gasteiger partial charge in [0.15, 0.2) is 0 Å². The van der Waals surface area contributed by atoms with E-state index in [0.29, 0.717) is 0 Å². The first-order valence-corrected chi connectivity index (χ1v) is 11.8. The summed E-state index contributed by atoms with van der Waals surface area (Å²) < 4.78 is 40.2. The van der Waals surface area contributed by atoms with Gasteiger partial charge >= 0.3 is 6.03 Å². The number of hydrogen-bond donors (Lipinski definition) is 1. The molecule has 2 aromatic carbocycles. The van der Waals surface area contributed by atoms with Crippen LogP contribution in [0.3, 0.4) is 0 Å². The number of carbonyl (C=O) groups is 3.